The molecule has 10 heteroatoms. The summed E-state index contributed by atoms with van der Waals surface area (Å²) in [5.74, 6) is -2.75. The van der Waals surface area contributed by atoms with E-state index < -0.39 is 22.8 Å². The lowest BCUT2D eigenvalue weighted by atomic mass is 10.1. The van der Waals surface area contributed by atoms with Gasteiger partial charge >= 0.3 is 11.9 Å². The largest absolute Gasteiger partial charge is 0.423 e. The second-order valence-electron chi connectivity index (χ2n) is 6.31. The van der Waals surface area contributed by atoms with Crippen LogP contribution in [0.4, 0.5) is 0 Å². The van der Waals surface area contributed by atoms with Crippen molar-refractivity contribution in [2.24, 2.45) is 0 Å². The first-order valence-corrected chi connectivity index (χ1v) is 8.59. The van der Waals surface area contributed by atoms with Crippen molar-refractivity contribution in [1.29, 1.82) is 0 Å². The monoisotopic (exact) mass is 400 g/mol. The molecular weight excluding hydrogens is 388 g/mol. The number of pyridine rings is 1. The normalized spacial score (nSPS) is 14.0. The number of aromatic nitrogens is 4. The molecule has 0 aliphatic heterocycles. The minimum atomic E-state index is -0.810. The predicted molar refractivity (Wildman–Crippen MR) is 97.7 cm³/mol. The number of halogens is 1. The summed E-state index contributed by atoms with van der Waals surface area (Å²) in [6, 6.07) is 1.87. The van der Waals surface area contributed by atoms with Gasteiger partial charge in [-0.25, -0.2) is 14.5 Å². The van der Waals surface area contributed by atoms with Crippen LogP contribution in [0.25, 0.3) is 28.2 Å². The van der Waals surface area contributed by atoms with Crippen molar-refractivity contribution < 1.29 is 23.9 Å². The zero-order chi connectivity index (χ0) is 20.3. The highest BCUT2D eigenvalue weighted by Crippen LogP contribution is 2.30. The molecule has 0 aromatic carbocycles. The fourth-order valence-corrected chi connectivity index (χ4v) is 3.40. The first kappa shape index (κ1) is 18.1. The Kier molecular flexibility index (Phi) is 3.93. The van der Waals surface area contributed by atoms with Crippen LogP contribution in [-0.4, -0.2) is 37.3 Å². The molecule has 0 saturated heterocycles. The summed E-state index contributed by atoms with van der Waals surface area (Å²) in [7, 11) is 0. The number of carbonyl (C=O) groups excluding carboxylic acids is 3. The molecule has 0 bridgehead atoms. The van der Waals surface area contributed by atoms with Gasteiger partial charge in [0.15, 0.2) is 17.1 Å². The summed E-state index contributed by atoms with van der Waals surface area (Å²) >= 11 is 6.11. The number of ketones is 1. The van der Waals surface area contributed by atoms with E-state index in [0.29, 0.717) is 16.7 Å². The molecule has 3 aromatic rings. The molecule has 9 nitrogen and oxygen atoms in total. The van der Waals surface area contributed by atoms with Crippen LogP contribution in [0.15, 0.2) is 11.1 Å². The Hall–Kier alpha value is -3.33. The third kappa shape index (κ3) is 2.55. The number of aryl methyl sites for hydroxylation is 2. The Morgan fingerprint density at radius 2 is 1.71 bits per heavy atom. The van der Waals surface area contributed by atoms with E-state index in [0.717, 1.165) is 18.2 Å². The van der Waals surface area contributed by atoms with Crippen molar-refractivity contribution in [3.8, 4) is 0 Å². The number of fused-ring (bicyclic) bond motifs is 5. The SMILES string of the molecule is CC(=O)OC1=C(Cl)C(=O)C(OC(C)=O)=c2c1nc1c3c(C)cc(C)nc3nn21. The molecule has 0 amide bonds. The molecular formula is C18H13ClN4O5. The lowest BCUT2D eigenvalue weighted by Gasteiger charge is -2.14. The number of carbonyl (C=O) groups is 3. The number of ether oxygens (including phenoxy) is 2. The van der Waals surface area contributed by atoms with Gasteiger partial charge in [0, 0.05) is 19.5 Å². The molecule has 0 fully saturated rings. The Balaban J connectivity index is 2.18. The fourth-order valence-electron chi connectivity index (χ4n) is 3.18. The van der Waals surface area contributed by atoms with Crippen LogP contribution in [0.3, 0.4) is 0 Å². The number of esters is 2. The van der Waals surface area contributed by atoms with E-state index in [9.17, 15) is 14.4 Å². The minimum absolute atomic E-state index is 0.0749. The molecule has 0 saturated carbocycles. The van der Waals surface area contributed by atoms with Gasteiger partial charge in [0.1, 0.15) is 16.1 Å². The van der Waals surface area contributed by atoms with Crippen molar-refractivity contribution in [3.05, 3.63) is 33.4 Å². The maximum Gasteiger partial charge on any atom is 0.308 e. The van der Waals surface area contributed by atoms with Crippen molar-refractivity contribution in [2.45, 2.75) is 27.7 Å². The highest BCUT2D eigenvalue weighted by molar-refractivity contribution is 6.52. The smallest absolute Gasteiger partial charge is 0.308 e. The molecule has 28 heavy (non-hydrogen) atoms. The van der Waals surface area contributed by atoms with Gasteiger partial charge in [-0.2, -0.15) is 0 Å². The number of hydrogen-bond donors (Lipinski definition) is 0. The molecule has 3 aromatic heterocycles. The van der Waals surface area contributed by atoms with Crippen LogP contribution in [0, 0.1) is 13.8 Å². The van der Waals surface area contributed by atoms with Gasteiger partial charge < -0.3 is 9.47 Å². The summed E-state index contributed by atoms with van der Waals surface area (Å²) < 4.78 is 11.6. The zero-order valence-electron chi connectivity index (χ0n) is 15.3. The molecule has 0 radical (unpaired) electrons. The summed E-state index contributed by atoms with van der Waals surface area (Å²) in [5.41, 5.74) is 2.52. The molecule has 0 N–H and O–H groups in total. The topological polar surface area (TPSA) is 113 Å². The zero-order valence-corrected chi connectivity index (χ0v) is 16.0. The maximum atomic E-state index is 12.7. The van der Waals surface area contributed by atoms with Gasteiger partial charge in [-0.3, -0.25) is 14.4 Å². The molecule has 3 heterocycles. The summed E-state index contributed by atoms with van der Waals surface area (Å²) in [6.07, 6.45) is 0. The number of imidazole rings is 1. The first-order chi connectivity index (χ1) is 13.2. The summed E-state index contributed by atoms with van der Waals surface area (Å²) in [5, 5.41) is 4.74. The fraction of sp³-hybridized carbons (Fsp3) is 0.222. The number of nitrogens with zero attached hydrogens (tertiary/aromatic N) is 4. The van der Waals surface area contributed by atoms with Gasteiger partial charge in [0.05, 0.1) is 5.39 Å². The Labute approximate surface area is 162 Å². The average molecular weight is 401 g/mol. The average Bonchev–Trinajstić information content (AvgIpc) is 3.10. The maximum absolute atomic E-state index is 12.7. The van der Waals surface area contributed by atoms with Crippen molar-refractivity contribution in [2.75, 3.05) is 0 Å². The van der Waals surface area contributed by atoms with Crippen LogP contribution in [0.5, 0.6) is 0 Å². The summed E-state index contributed by atoms with van der Waals surface area (Å²) in [4.78, 5) is 44.7. The molecule has 0 atom stereocenters. The van der Waals surface area contributed by atoms with Crippen LogP contribution in [0.1, 0.15) is 30.8 Å². The van der Waals surface area contributed by atoms with E-state index in [2.05, 4.69) is 15.1 Å². The molecule has 142 valence electrons. The van der Waals surface area contributed by atoms with Crippen molar-refractivity contribution in [3.63, 3.8) is 0 Å². The van der Waals surface area contributed by atoms with Crippen molar-refractivity contribution in [1.82, 2.24) is 19.6 Å². The van der Waals surface area contributed by atoms with E-state index in [4.69, 9.17) is 21.1 Å². The molecule has 4 rings (SSSR count). The quantitative estimate of drug-likeness (QED) is 0.592. The molecule has 1 aliphatic carbocycles. The van der Waals surface area contributed by atoms with Gasteiger partial charge in [0.25, 0.3) is 0 Å². The van der Waals surface area contributed by atoms with Gasteiger partial charge in [-0.05, 0) is 25.5 Å². The second kappa shape index (κ2) is 6.10. The minimum Gasteiger partial charge on any atom is -0.423 e. The van der Waals surface area contributed by atoms with Gasteiger partial charge in [-0.1, -0.05) is 11.6 Å². The first-order valence-electron chi connectivity index (χ1n) is 8.21. The lowest BCUT2D eigenvalue weighted by molar-refractivity contribution is -0.136. The third-order valence-corrected chi connectivity index (χ3v) is 4.47. The van der Waals surface area contributed by atoms with Crippen LogP contribution in [0.2, 0.25) is 0 Å². The predicted octanol–water partition coefficient (Wildman–Crippen LogP) is 1.34. The van der Waals surface area contributed by atoms with E-state index >= 15 is 0 Å². The number of hydrogen-bond acceptors (Lipinski definition) is 8. The number of rotatable bonds is 2. The Bertz CT molecular complexity index is 1320. The Morgan fingerprint density at radius 3 is 2.36 bits per heavy atom. The standard InChI is InChI=1S/C18H13ClN4O5/c1-6-5-7(2)20-17-10(6)18-21-12-13(23(18)22-17)16(28-9(4)25)14(26)11(19)15(12)27-8(3)24/h5H,1-4H3. The second-order valence-corrected chi connectivity index (χ2v) is 6.69. The van der Waals surface area contributed by atoms with Gasteiger partial charge in [-0.15, -0.1) is 5.10 Å². The molecule has 0 unspecified atom stereocenters. The molecule has 0 spiro atoms. The highest BCUT2D eigenvalue weighted by Gasteiger charge is 2.35. The van der Waals surface area contributed by atoms with Crippen LogP contribution < -0.4 is 5.35 Å². The van der Waals surface area contributed by atoms with Crippen molar-refractivity contribution >= 4 is 57.5 Å². The van der Waals surface area contributed by atoms with E-state index in [-0.39, 0.29) is 22.6 Å². The highest BCUT2D eigenvalue weighted by atomic mass is 35.5. The van der Waals surface area contributed by atoms with E-state index in [1.165, 1.54) is 11.4 Å². The van der Waals surface area contributed by atoms with Crippen LogP contribution >= 0.6 is 11.6 Å². The van der Waals surface area contributed by atoms with E-state index in [1.807, 2.05) is 19.9 Å². The van der Waals surface area contributed by atoms with E-state index in [1.54, 1.807) is 0 Å². The lowest BCUT2D eigenvalue weighted by Crippen LogP contribution is -2.30. The third-order valence-electron chi connectivity index (χ3n) is 4.13. The Morgan fingerprint density at radius 1 is 1.07 bits per heavy atom. The summed E-state index contributed by atoms with van der Waals surface area (Å²) in [6.45, 7) is 6.04. The number of Topliss-reactive ketones (excluding diaryl/α,β-unsaturated/α-hetero) is 1. The van der Waals surface area contributed by atoms with Crippen LogP contribution in [-0.2, 0) is 23.9 Å². The van der Waals surface area contributed by atoms with Gasteiger partial charge in [0.2, 0.25) is 11.5 Å². The molecule has 1 aliphatic rings.